The van der Waals surface area contributed by atoms with Gasteiger partial charge in [-0.25, -0.2) is 4.68 Å². The predicted molar refractivity (Wildman–Crippen MR) is 76.8 cm³/mol. The Morgan fingerprint density at radius 3 is 2.21 bits per heavy atom. The lowest BCUT2D eigenvalue weighted by Gasteiger charge is -2.02. The van der Waals surface area contributed by atoms with Crippen molar-refractivity contribution < 1.29 is 0 Å². The summed E-state index contributed by atoms with van der Waals surface area (Å²) in [6, 6.07) is 17.0. The van der Waals surface area contributed by atoms with Crippen LogP contribution >= 0.6 is 23.2 Å². The second kappa shape index (κ2) is 5.03. The number of hydrogen-bond acceptors (Lipinski definition) is 2. The zero-order valence-electron chi connectivity index (χ0n) is 9.79. The van der Waals surface area contributed by atoms with E-state index in [0.717, 1.165) is 11.3 Å². The molecule has 19 heavy (non-hydrogen) atoms. The molecule has 0 fully saturated rings. The molecule has 0 spiro atoms. The van der Waals surface area contributed by atoms with Gasteiger partial charge in [-0.15, -0.1) is 5.10 Å². The van der Waals surface area contributed by atoms with E-state index in [9.17, 15) is 0 Å². The van der Waals surface area contributed by atoms with Crippen LogP contribution in [0.1, 0.15) is 0 Å². The molecular formula is C14H9Cl2N3. The van der Waals surface area contributed by atoms with Gasteiger partial charge in [0.25, 0.3) is 0 Å². The summed E-state index contributed by atoms with van der Waals surface area (Å²) in [5.41, 5.74) is 2.43. The molecule has 0 N–H and O–H groups in total. The first-order chi connectivity index (χ1) is 9.25. The third kappa shape index (κ3) is 2.35. The van der Waals surface area contributed by atoms with Crippen molar-refractivity contribution in [1.29, 1.82) is 0 Å². The highest BCUT2D eigenvalue weighted by Gasteiger charge is 2.13. The van der Waals surface area contributed by atoms with Crippen LogP contribution in [0.25, 0.3) is 16.9 Å². The molecule has 5 heteroatoms. The zero-order valence-corrected chi connectivity index (χ0v) is 11.3. The van der Waals surface area contributed by atoms with E-state index in [2.05, 4.69) is 10.3 Å². The van der Waals surface area contributed by atoms with E-state index >= 15 is 0 Å². The second-order valence-corrected chi connectivity index (χ2v) is 4.78. The van der Waals surface area contributed by atoms with Gasteiger partial charge < -0.3 is 0 Å². The Morgan fingerprint density at radius 1 is 0.842 bits per heavy atom. The standard InChI is InChI=1S/C14H9Cl2N3/c15-11-6-8-12(9-7-11)19-14(16)13(17-18-19)10-4-2-1-3-5-10/h1-9H. The molecule has 0 atom stereocenters. The molecule has 0 saturated carbocycles. The lowest BCUT2D eigenvalue weighted by molar-refractivity contribution is 0.804. The van der Waals surface area contributed by atoms with Crippen molar-refractivity contribution in [1.82, 2.24) is 15.0 Å². The van der Waals surface area contributed by atoms with Crippen LogP contribution in [0.2, 0.25) is 10.2 Å². The van der Waals surface area contributed by atoms with Crippen LogP contribution in [-0.4, -0.2) is 15.0 Å². The summed E-state index contributed by atoms with van der Waals surface area (Å²) in [6.07, 6.45) is 0. The van der Waals surface area contributed by atoms with Crippen LogP contribution in [0.5, 0.6) is 0 Å². The molecule has 0 saturated heterocycles. The summed E-state index contributed by atoms with van der Waals surface area (Å²) >= 11 is 12.2. The van der Waals surface area contributed by atoms with Crippen LogP contribution in [-0.2, 0) is 0 Å². The van der Waals surface area contributed by atoms with Crippen molar-refractivity contribution in [3.63, 3.8) is 0 Å². The van der Waals surface area contributed by atoms with Crippen LogP contribution in [0.15, 0.2) is 54.6 Å². The molecule has 3 nitrogen and oxygen atoms in total. The summed E-state index contributed by atoms with van der Waals surface area (Å²) in [6.45, 7) is 0. The molecule has 2 aromatic carbocycles. The molecule has 3 aromatic rings. The molecule has 1 aromatic heterocycles. The lowest BCUT2D eigenvalue weighted by atomic mass is 10.2. The van der Waals surface area contributed by atoms with Crippen molar-refractivity contribution in [3.05, 3.63) is 64.8 Å². The second-order valence-electron chi connectivity index (χ2n) is 3.98. The summed E-state index contributed by atoms with van der Waals surface area (Å²) in [5, 5.41) is 9.37. The Hall–Kier alpha value is -1.84. The molecule has 1 heterocycles. The van der Waals surface area contributed by atoms with Crippen molar-refractivity contribution in [3.8, 4) is 16.9 Å². The molecule has 0 radical (unpaired) electrons. The maximum Gasteiger partial charge on any atom is 0.161 e. The Balaban J connectivity index is 2.06. The Morgan fingerprint density at radius 2 is 1.53 bits per heavy atom. The van der Waals surface area contributed by atoms with Gasteiger partial charge in [0.15, 0.2) is 5.15 Å². The van der Waals surface area contributed by atoms with Crippen molar-refractivity contribution in [2.75, 3.05) is 0 Å². The molecule has 0 bridgehead atoms. The van der Waals surface area contributed by atoms with Crippen LogP contribution in [0.4, 0.5) is 0 Å². The lowest BCUT2D eigenvalue weighted by Crippen LogP contribution is -1.96. The molecule has 0 unspecified atom stereocenters. The quantitative estimate of drug-likeness (QED) is 0.706. The summed E-state index contributed by atoms with van der Waals surface area (Å²) in [4.78, 5) is 0. The number of nitrogens with zero attached hydrogens (tertiary/aromatic N) is 3. The minimum Gasteiger partial charge on any atom is -0.201 e. The SMILES string of the molecule is Clc1ccc(-n2nnc(-c3ccccc3)c2Cl)cc1. The van der Waals surface area contributed by atoms with Gasteiger partial charge in [0.2, 0.25) is 0 Å². The van der Waals surface area contributed by atoms with Gasteiger partial charge in [-0.2, -0.15) is 0 Å². The summed E-state index contributed by atoms with van der Waals surface area (Å²) in [5.74, 6) is 0. The molecule has 0 amide bonds. The molecule has 0 aliphatic rings. The number of rotatable bonds is 2. The first-order valence-electron chi connectivity index (χ1n) is 5.68. The van der Waals surface area contributed by atoms with E-state index in [1.165, 1.54) is 0 Å². The average molecular weight is 290 g/mol. The average Bonchev–Trinajstić information content (AvgIpc) is 2.83. The smallest absolute Gasteiger partial charge is 0.161 e. The third-order valence-electron chi connectivity index (χ3n) is 2.73. The van der Waals surface area contributed by atoms with E-state index < -0.39 is 0 Å². The number of benzene rings is 2. The zero-order chi connectivity index (χ0) is 13.2. The number of halogens is 2. The minimum atomic E-state index is 0.480. The normalized spacial score (nSPS) is 10.6. The van der Waals surface area contributed by atoms with E-state index in [1.54, 1.807) is 16.8 Å². The Bertz CT molecular complexity index is 690. The minimum absolute atomic E-state index is 0.480. The van der Waals surface area contributed by atoms with Gasteiger partial charge in [0.1, 0.15) is 5.69 Å². The van der Waals surface area contributed by atoms with Gasteiger partial charge in [-0.1, -0.05) is 58.7 Å². The van der Waals surface area contributed by atoms with Crippen molar-refractivity contribution in [2.24, 2.45) is 0 Å². The van der Waals surface area contributed by atoms with E-state index in [0.29, 0.717) is 15.9 Å². The van der Waals surface area contributed by atoms with Crippen molar-refractivity contribution in [2.45, 2.75) is 0 Å². The fraction of sp³-hybridized carbons (Fsp3) is 0. The van der Waals surface area contributed by atoms with Crippen LogP contribution in [0.3, 0.4) is 0 Å². The van der Waals surface area contributed by atoms with Gasteiger partial charge in [-0.05, 0) is 24.3 Å². The number of aromatic nitrogens is 3. The highest BCUT2D eigenvalue weighted by Crippen LogP contribution is 2.27. The third-order valence-corrected chi connectivity index (χ3v) is 3.33. The van der Waals surface area contributed by atoms with Gasteiger partial charge in [0, 0.05) is 10.6 Å². The highest BCUT2D eigenvalue weighted by molar-refractivity contribution is 6.32. The molecule has 0 aliphatic carbocycles. The Labute approximate surface area is 120 Å². The first kappa shape index (κ1) is 12.2. The topological polar surface area (TPSA) is 30.7 Å². The summed E-state index contributed by atoms with van der Waals surface area (Å²) in [7, 11) is 0. The predicted octanol–water partition coefficient (Wildman–Crippen LogP) is 4.24. The molecule has 3 rings (SSSR count). The monoisotopic (exact) mass is 289 g/mol. The van der Waals surface area contributed by atoms with E-state index in [4.69, 9.17) is 23.2 Å². The van der Waals surface area contributed by atoms with Gasteiger partial charge in [0.05, 0.1) is 5.69 Å². The maximum atomic E-state index is 6.34. The largest absolute Gasteiger partial charge is 0.201 e. The van der Waals surface area contributed by atoms with Crippen LogP contribution in [0, 0.1) is 0 Å². The van der Waals surface area contributed by atoms with Crippen molar-refractivity contribution >= 4 is 23.2 Å². The highest BCUT2D eigenvalue weighted by atomic mass is 35.5. The molecular weight excluding hydrogens is 281 g/mol. The fourth-order valence-electron chi connectivity index (χ4n) is 1.79. The van der Waals surface area contributed by atoms with Gasteiger partial charge >= 0.3 is 0 Å². The van der Waals surface area contributed by atoms with E-state index in [1.807, 2.05) is 42.5 Å². The molecule has 0 aliphatic heterocycles. The molecule has 94 valence electrons. The fourth-order valence-corrected chi connectivity index (χ4v) is 2.19. The first-order valence-corrected chi connectivity index (χ1v) is 6.44. The number of hydrogen-bond donors (Lipinski definition) is 0. The summed E-state index contributed by atoms with van der Waals surface area (Å²) < 4.78 is 1.58. The van der Waals surface area contributed by atoms with Gasteiger partial charge in [-0.3, -0.25) is 0 Å². The Kier molecular flexibility index (Phi) is 3.23. The van der Waals surface area contributed by atoms with Crippen LogP contribution < -0.4 is 0 Å². The maximum absolute atomic E-state index is 6.34. The van der Waals surface area contributed by atoms with E-state index in [-0.39, 0.29) is 0 Å².